The highest BCUT2D eigenvalue weighted by Crippen LogP contribution is 2.27. The van der Waals surface area contributed by atoms with Crippen molar-refractivity contribution in [2.24, 2.45) is 0 Å². The molecule has 0 radical (unpaired) electrons. The molecule has 4 heteroatoms. The van der Waals surface area contributed by atoms with Crippen molar-refractivity contribution in [3.8, 4) is 0 Å². The predicted molar refractivity (Wildman–Crippen MR) is 66.3 cm³/mol. The first-order valence-corrected chi connectivity index (χ1v) is 5.60. The zero-order valence-corrected chi connectivity index (χ0v) is 10.1. The SMILES string of the molecule is O=C(c1ccccc1F)c1c(Cl)cccc1Cl. The van der Waals surface area contributed by atoms with Gasteiger partial charge in [-0.25, -0.2) is 4.39 Å². The highest BCUT2D eigenvalue weighted by atomic mass is 35.5. The summed E-state index contributed by atoms with van der Waals surface area (Å²) in [5, 5.41) is 0.427. The number of ketones is 1. The molecule has 86 valence electrons. The van der Waals surface area contributed by atoms with E-state index in [1.54, 1.807) is 24.3 Å². The molecule has 0 amide bonds. The molecular weight excluding hydrogens is 262 g/mol. The Kier molecular flexibility index (Phi) is 3.46. The molecule has 0 saturated heterocycles. The van der Waals surface area contributed by atoms with Crippen molar-refractivity contribution in [2.45, 2.75) is 0 Å². The first kappa shape index (κ1) is 12.1. The summed E-state index contributed by atoms with van der Waals surface area (Å²) in [6.07, 6.45) is 0. The fraction of sp³-hybridized carbons (Fsp3) is 0. The van der Waals surface area contributed by atoms with Crippen LogP contribution < -0.4 is 0 Å². The van der Waals surface area contributed by atoms with Gasteiger partial charge in [-0.2, -0.15) is 0 Å². The van der Waals surface area contributed by atoms with Crippen molar-refractivity contribution in [1.82, 2.24) is 0 Å². The van der Waals surface area contributed by atoms with Crippen molar-refractivity contribution in [2.75, 3.05) is 0 Å². The third-order valence-corrected chi connectivity index (χ3v) is 2.94. The van der Waals surface area contributed by atoms with Crippen LogP contribution in [0.2, 0.25) is 10.0 Å². The summed E-state index contributed by atoms with van der Waals surface area (Å²) in [4.78, 5) is 12.1. The van der Waals surface area contributed by atoms with Gasteiger partial charge in [0.15, 0.2) is 5.78 Å². The van der Waals surface area contributed by atoms with Crippen molar-refractivity contribution in [1.29, 1.82) is 0 Å². The van der Waals surface area contributed by atoms with E-state index in [0.29, 0.717) is 0 Å². The average molecular weight is 269 g/mol. The molecule has 0 atom stereocenters. The van der Waals surface area contributed by atoms with E-state index >= 15 is 0 Å². The molecule has 0 aliphatic carbocycles. The monoisotopic (exact) mass is 268 g/mol. The summed E-state index contributed by atoms with van der Waals surface area (Å²) in [7, 11) is 0. The van der Waals surface area contributed by atoms with Crippen LogP contribution in [-0.2, 0) is 0 Å². The third kappa shape index (κ3) is 2.33. The Morgan fingerprint density at radius 3 is 2.12 bits per heavy atom. The Labute approximate surface area is 108 Å². The molecule has 0 aromatic heterocycles. The Bertz CT molecular complexity index is 561. The topological polar surface area (TPSA) is 17.1 Å². The molecule has 2 aromatic carbocycles. The molecule has 0 bridgehead atoms. The predicted octanol–water partition coefficient (Wildman–Crippen LogP) is 4.36. The Morgan fingerprint density at radius 2 is 1.53 bits per heavy atom. The second kappa shape index (κ2) is 4.86. The average Bonchev–Trinajstić information content (AvgIpc) is 2.29. The van der Waals surface area contributed by atoms with Crippen LogP contribution in [0.25, 0.3) is 0 Å². The summed E-state index contributed by atoms with van der Waals surface area (Å²) in [6, 6.07) is 10.4. The third-order valence-electron chi connectivity index (χ3n) is 2.31. The lowest BCUT2D eigenvalue weighted by Gasteiger charge is -2.06. The maximum absolute atomic E-state index is 13.5. The number of halogens is 3. The van der Waals surface area contributed by atoms with Crippen molar-refractivity contribution in [3.05, 3.63) is 69.5 Å². The molecule has 0 N–H and O–H groups in total. The standard InChI is InChI=1S/C13H7Cl2FO/c14-9-5-3-6-10(15)12(9)13(17)8-4-1-2-7-11(8)16/h1-7H. The van der Waals surface area contributed by atoms with Crippen LogP contribution in [-0.4, -0.2) is 5.78 Å². The van der Waals surface area contributed by atoms with E-state index in [1.165, 1.54) is 18.2 Å². The van der Waals surface area contributed by atoms with E-state index < -0.39 is 11.6 Å². The van der Waals surface area contributed by atoms with Gasteiger partial charge in [-0.05, 0) is 24.3 Å². The van der Waals surface area contributed by atoms with Gasteiger partial charge < -0.3 is 0 Å². The number of rotatable bonds is 2. The summed E-state index contributed by atoms with van der Waals surface area (Å²) in [6.45, 7) is 0. The first-order valence-electron chi connectivity index (χ1n) is 4.84. The summed E-state index contributed by atoms with van der Waals surface area (Å²) in [5.41, 5.74) is 0.0865. The zero-order chi connectivity index (χ0) is 12.4. The van der Waals surface area contributed by atoms with Gasteiger partial charge in [0, 0.05) is 0 Å². The number of benzene rings is 2. The van der Waals surface area contributed by atoms with Crippen molar-refractivity contribution >= 4 is 29.0 Å². The number of hydrogen-bond donors (Lipinski definition) is 0. The minimum Gasteiger partial charge on any atom is -0.288 e. The summed E-state index contributed by atoms with van der Waals surface area (Å²) in [5.74, 6) is -1.10. The van der Waals surface area contributed by atoms with E-state index in [0.717, 1.165) is 0 Å². The molecule has 0 unspecified atom stereocenters. The van der Waals surface area contributed by atoms with Crippen LogP contribution >= 0.6 is 23.2 Å². The number of hydrogen-bond acceptors (Lipinski definition) is 1. The second-order valence-electron chi connectivity index (χ2n) is 3.41. The van der Waals surface area contributed by atoms with Gasteiger partial charge in [-0.15, -0.1) is 0 Å². The maximum atomic E-state index is 13.5. The zero-order valence-electron chi connectivity index (χ0n) is 8.58. The van der Waals surface area contributed by atoms with Crippen LogP contribution in [0.4, 0.5) is 4.39 Å². The van der Waals surface area contributed by atoms with Gasteiger partial charge in [-0.1, -0.05) is 41.4 Å². The fourth-order valence-electron chi connectivity index (χ4n) is 1.49. The Hall–Kier alpha value is -1.38. The lowest BCUT2D eigenvalue weighted by atomic mass is 10.0. The Morgan fingerprint density at radius 1 is 0.941 bits per heavy atom. The summed E-state index contributed by atoms with van der Waals surface area (Å²) < 4.78 is 13.5. The van der Waals surface area contributed by atoms with Gasteiger partial charge in [-0.3, -0.25) is 4.79 Å². The molecule has 17 heavy (non-hydrogen) atoms. The normalized spacial score (nSPS) is 10.3. The van der Waals surface area contributed by atoms with Crippen molar-refractivity contribution in [3.63, 3.8) is 0 Å². The van der Waals surface area contributed by atoms with Gasteiger partial charge in [0.25, 0.3) is 0 Å². The lowest BCUT2D eigenvalue weighted by Crippen LogP contribution is -2.05. The molecule has 0 spiro atoms. The maximum Gasteiger partial charge on any atom is 0.198 e. The summed E-state index contributed by atoms with van der Waals surface area (Å²) >= 11 is 11.8. The molecule has 0 heterocycles. The van der Waals surface area contributed by atoms with E-state index in [4.69, 9.17) is 23.2 Å². The Balaban J connectivity index is 2.56. The minimum absolute atomic E-state index is 0.0394. The van der Waals surface area contributed by atoms with E-state index in [-0.39, 0.29) is 21.2 Å². The van der Waals surface area contributed by atoms with Crippen LogP contribution in [0.15, 0.2) is 42.5 Å². The van der Waals surface area contributed by atoms with E-state index in [1.807, 2.05) is 0 Å². The van der Waals surface area contributed by atoms with Crippen LogP contribution in [0, 0.1) is 5.82 Å². The smallest absolute Gasteiger partial charge is 0.198 e. The molecule has 0 saturated carbocycles. The van der Waals surface area contributed by atoms with Crippen LogP contribution in [0.3, 0.4) is 0 Å². The number of carbonyl (C=O) groups excluding carboxylic acids is 1. The van der Waals surface area contributed by atoms with Gasteiger partial charge in [0.05, 0.1) is 21.2 Å². The van der Waals surface area contributed by atoms with Crippen molar-refractivity contribution < 1.29 is 9.18 Å². The van der Waals surface area contributed by atoms with E-state index in [2.05, 4.69) is 0 Å². The lowest BCUT2D eigenvalue weighted by molar-refractivity contribution is 0.103. The van der Waals surface area contributed by atoms with Gasteiger partial charge in [0.1, 0.15) is 5.82 Å². The molecule has 2 rings (SSSR count). The largest absolute Gasteiger partial charge is 0.288 e. The van der Waals surface area contributed by atoms with Gasteiger partial charge >= 0.3 is 0 Å². The molecular formula is C13H7Cl2FO. The van der Waals surface area contributed by atoms with Gasteiger partial charge in [0.2, 0.25) is 0 Å². The molecule has 2 aromatic rings. The van der Waals surface area contributed by atoms with Crippen LogP contribution in [0.5, 0.6) is 0 Å². The molecule has 0 aliphatic heterocycles. The highest BCUT2D eigenvalue weighted by molar-refractivity contribution is 6.41. The van der Waals surface area contributed by atoms with Crippen LogP contribution in [0.1, 0.15) is 15.9 Å². The minimum atomic E-state index is -0.589. The fourth-order valence-corrected chi connectivity index (χ4v) is 2.06. The second-order valence-corrected chi connectivity index (χ2v) is 4.22. The first-order chi connectivity index (χ1) is 8.11. The molecule has 0 fully saturated rings. The highest BCUT2D eigenvalue weighted by Gasteiger charge is 2.18. The quantitative estimate of drug-likeness (QED) is 0.740. The number of carbonyl (C=O) groups is 1. The molecule has 1 nitrogen and oxygen atoms in total. The molecule has 0 aliphatic rings. The van der Waals surface area contributed by atoms with E-state index in [9.17, 15) is 9.18 Å².